The van der Waals surface area contributed by atoms with Crippen LogP contribution in [0.25, 0.3) is 0 Å². The summed E-state index contributed by atoms with van der Waals surface area (Å²) in [5, 5.41) is 8.25. The van der Waals surface area contributed by atoms with Crippen molar-refractivity contribution in [3.63, 3.8) is 0 Å². The number of benzene rings is 2. The monoisotopic (exact) mass is 1560 g/mol. The van der Waals surface area contributed by atoms with E-state index >= 15 is 41.9 Å². The highest BCUT2D eigenvalue weighted by Gasteiger charge is 2.53. The van der Waals surface area contributed by atoms with Crippen molar-refractivity contribution < 1.29 is 102 Å². The van der Waals surface area contributed by atoms with E-state index in [1.54, 1.807) is 34.6 Å². The zero-order valence-electron chi connectivity index (χ0n) is 64.8. The van der Waals surface area contributed by atoms with Crippen molar-refractivity contribution in [1.29, 1.82) is 0 Å². The second-order valence-electron chi connectivity index (χ2n) is 30.5. The van der Waals surface area contributed by atoms with Crippen molar-refractivity contribution in [2.45, 2.75) is 216 Å². The number of hydrogen-bond donors (Lipinski definition) is 3. The first kappa shape index (κ1) is 88.4. The molecule has 25 nitrogen and oxygen atoms in total. The summed E-state index contributed by atoms with van der Waals surface area (Å²) in [6.07, 6.45) is -10.7. The molecule has 2 aromatic rings. The minimum atomic E-state index is -5.48. The second kappa shape index (κ2) is 37.4. The van der Waals surface area contributed by atoms with Gasteiger partial charge in [0.05, 0.1) is 37.0 Å². The molecule has 3 heterocycles. The van der Waals surface area contributed by atoms with Gasteiger partial charge in [-0.25, -0.2) is 13.2 Å². The van der Waals surface area contributed by atoms with E-state index in [-0.39, 0.29) is 63.2 Å². The second-order valence-corrected chi connectivity index (χ2v) is 30.5. The number of alkyl halides is 6. The first-order chi connectivity index (χ1) is 51.5. The van der Waals surface area contributed by atoms with Gasteiger partial charge in [-0.15, -0.1) is 0 Å². The van der Waals surface area contributed by atoms with E-state index in [1.165, 1.54) is 52.1 Å². The highest BCUT2D eigenvalue weighted by atomic mass is 19.4. The average molecular weight is 1570 g/mol. The molecule has 110 heavy (non-hydrogen) atoms. The molecule has 3 aliphatic heterocycles. The Morgan fingerprint density at radius 1 is 0.655 bits per heavy atom. The van der Waals surface area contributed by atoms with Gasteiger partial charge in [0.2, 0.25) is 70.9 Å². The summed E-state index contributed by atoms with van der Waals surface area (Å²) in [4.78, 5) is 191. The van der Waals surface area contributed by atoms with Gasteiger partial charge in [-0.3, -0.25) is 57.5 Å². The van der Waals surface area contributed by atoms with Crippen molar-refractivity contribution in [2.75, 3.05) is 89.2 Å². The van der Waals surface area contributed by atoms with Crippen LogP contribution in [0.15, 0.2) is 48.3 Å². The molecule has 34 heteroatoms. The van der Waals surface area contributed by atoms with E-state index in [9.17, 15) is 55.1 Å². The number of fused-ring (bicyclic) bond motifs is 3. The van der Waals surface area contributed by atoms with E-state index in [1.807, 2.05) is 0 Å². The number of aryl methyl sites for hydroxylation is 1. The van der Waals surface area contributed by atoms with E-state index < -0.39 is 241 Å². The highest BCUT2D eigenvalue weighted by Crippen LogP contribution is 2.39. The zero-order valence-corrected chi connectivity index (χ0v) is 64.8. The number of nitrogens with zero attached hydrogens (tertiary/aromatic N) is 9. The van der Waals surface area contributed by atoms with Crippen molar-refractivity contribution in [3.8, 4) is 0 Å². The van der Waals surface area contributed by atoms with Gasteiger partial charge < -0.3 is 64.8 Å². The number of likely N-dealkylation sites (N-methyl/N-ethyl adjacent to an activating group) is 7. The number of carbonyl (C=O) groups is 12. The van der Waals surface area contributed by atoms with Gasteiger partial charge >= 0.3 is 12.4 Å². The number of halogens is 9. The number of nitrogens with one attached hydrogen (secondary N) is 3. The number of carbonyl (C=O) groups excluding carboxylic acids is 12. The Bertz CT molecular complexity index is 3710. The Morgan fingerprint density at radius 3 is 1.83 bits per heavy atom. The van der Waals surface area contributed by atoms with Gasteiger partial charge in [0.15, 0.2) is 0 Å². The molecule has 2 aliphatic carbocycles. The Labute approximate surface area is 635 Å². The fraction of sp³-hybridized carbons (Fsp3) is 0.658. The largest absolute Gasteiger partial charge is 0.422 e. The normalized spacial score (nSPS) is 26.2. The predicted molar refractivity (Wildman–Crippen MR) is 383 cm³/mol. The molecular formula is C76H105F9N12O13. The fourth-order valence-corrected chi connectivity index (χ4v) is 15.5. The van der Waals surface area contributed by atoms with Crippen molar-refractivity contribution >= 4 is 70.9 Å². The maximum Gasteiger partial charge on any atom is 0.422 e. The average Bonchev–Trinajstić information content (AvgIpc) is 1.53. The summed E-state index contributed by atoms with van der Waals surface area (Å²) >= 11 is 0. The Kier molecular flexibility index (Phi) is 30.1. The van der Waals surface area contributed by atoms with Crippen LogP contribution in [0.4, 0.5) is 39.5 Å². The molecule has 0 radical (unpaired) electrons. The van der Waals surface area contributed by atoms with Crippen LogP contribution in [-0.4, -0.2) is 264 Å². The van der Waals surface area contributed by atoms with E-state index in [0.29, 0.717) is 50.7 Å². The molecule has 12 amide bonds. The van der Waals surface area contributed by atoms with Crippen LogP contribution in [-0.2, 0) is 87.5 Å². The third-order valence-corrected chi connectivity index (χ3v) is 22.0. The third-order valence-electron chi connectivity index (χ3n) is 22.0. The molecule has 10 atom stereocenters. The van der Waals surface area contributed by atoms with Crippen LogP contribution >= 0.6 is 0 Å². The summed E-state index contributed by atoms with van der Waals surface area (Å²) in [6.45, 7) is 5.93. The number of ether oxygens (including phenoxy) is 1. The number of amides is 12. The lowest BCUT2D eigenvalue weighted by molar-refractivity contribution is -0.156. The lowest BCUT2D eigenvalue weighted by Crippen LogP contribution is -2.65. The Balaban J connectivity index is 1.37. The first-order valence-electron chi connectivity index (χ1n) is 37.4. The van der Waals surface area contributed by atoms with Gasteiger partial charge in [-0.05, 0) is 111 Å². The minimum absolute atomic E-state index is 0.00830. The van der Waals surface area contributed by atoms with Crippen LogP contribution in [0.2, 0.25) is 0 Å². The molecule has 1 spiro atoms. The molecule has 7 rings (SSSR count). The van der Waals surface area contributed by atoms with Gasteiger partial charge in [-0.2, -0.15) is 26.3 Å². The van der Waals surface area contributed by atoms with Crippen molar-refractivity contribution in [1.82, 2.24) is 60.0 Å². The predicted octanol–water partition coefficient (Wildman–Crippen LogP) is 6.43. The molecule has 3 N–H and O–H groups in total. The molecule has 610 valence electrons. The SMILES string of the molecule is CCO[C@@H]1C[C@H]2C(=O)NC3(CCCC3)C(=O)N(C)[C@@H](C3CCCC3)C(=O)N(C)[C@H](C(=O)N(C)C)CC(=O)N(C)[C@@H](CC(C)C)C(=O)N[C@@H]([C@@H](C)CC)C(=O)N(C)CC(=O)N(C)[C@H]3C/C(F)=C\CCN(C3=O)[C@@H](Cc3ccc(C(F)(F)F)cc3)C(=O)N(C)CC(=O)N[C@@H](CCc3cc(F)c(C(F)(F)F)c(F)c3)C(=O)N2C1. The maximum atomic E-state index is 16.0. The highest BCUT2D eigenvalue weighted by molar-refractivity contribution is 6.01. The lowest BCUT2D eigenvalue weighted by Gasteiger charge is -2.42. The summed E-state index contributed by atoms with van der Waals surface area (Å²) in [5.41, 5.74) is -5.45. The zero-order chi connectivity index (χ0) is 81.9. The molecule has 0 unspecified atom stereocenters. The van der Waals surface area contributed by atoms with Gasteiger partial charge in [-0.1, -0.05) is 78.0 Å². The summed E-state index contributed by atoms with van der Waals surface area (Å²) in [5.74, 6) is -17.2. The number of rotatable bonds is 13. The van der Waals surface area contributed by atoms with Crippen molar-refractivity contribution in [2.24, 2.45) is 17.8 Å². The van der Waals surface area contributed by atoms with Gasteiger partial charge in [0.1, 0.15) is 71.1 Å². The van der Waals surface area contributed by atoms with E-state index in [4.69, 9.17) is 4.74 Å². The van der Waals surface area contributed by atoms with Crippen molar-refractivity contribution in [3.05, 3.63) is 82.2 Å². The van der Waals surface area contributed by atoms with Crippen LogP contribution in [0, 0.1) is 29.4 Å². The Hall–Kier alpha value is -8.85. The first-order valence-corrected chi connectivity index (χ1v) is 37.4. The minimum Gasteiger partial charge on any atom is -0.377 e. The molecule has 2 aromatic carbocycles. The molecular weight excluding hydrogens is 1460 g/mol. The van der Waals surface area contributed by atoms with Gasteiger partial charge in [0.25, 0.3) is 0 Å². The number of hydrogen-bond acceptors (Lipinski definition) is 13. The fourth-order valence-electron chi connectivity index (χ4n) is 15.5. The van der Waals surface area contributed by atoms with Crippen LogP contribution in [0.1, 0.15) is 153 Å². The topological polar surface area (TPSA) is 279 Å². The molecule has 2 bridgehead atoms. The summed E-state index contributed by atoms with van der Waals surface area (Å²) < 4.78 is 136. The van der Waals surface area contributed by atoms with E-state index in [0.717, 1.165) is 78.7 Å². The smallest absolute Gasteiger partial charge is 0.377 e. The van der Waals surface area contributed by atoms with E-state index in [2.05, 4.69) is 16.0 Å². The van der Waals surface area contributed by atoms with Crippen LogP contribution in [0.5, 0.6) is 0 Å². The quantitative estimate of drug-likeness (QED) is 0.183. The van der Waals surface area contributed by atoms with Gasteiger partial charge in [0, 0.05) is 95.3 Å². The maximum absolute atomic E-state index is 16.0. The lowest BCUT2D eigenvalue weighted by atomic mass is 9.90. The third kappa shape index (κ3) is 21.2. The molecule has 0 aromatic heterocycles. The van der Waals surface area contributed by atoms with Crippen LogP contribution in [0.3, 0.4) is 0 Å². The molecule has 2 saturated carbocycles. The van der Waals surface area contributed by atoms with Crippen LogP contribution < -0.4 is 16.0 Å². The Morgan fingerprint density at radius 2 is 1.26 bits per heavy atom. The summed E-state index contributed by atoms with van der Waals surface area (Å²) in [7, 11) is 10.3. The molecule has 5 aliphatic rings. The molecule has 2 saturated heterocycles. The summed E-state index contributed by atoms with van der Waals surface area (Å²) in [6, 6.07) is -8.27. The molecule has 4 fully saturated rings. The standard InChI is InChI=1S/C76H105F9N12O13/c1-14-44(5)63-71(107)91(9)42-61(100)93(11)56-37-49(77)23-20-32-96(70(56)106)58(36-45-24-27-48(28-25-45)75(80,81)82)69(105)90(8)41-59(98)86-53(29-26-46-34-51(78)62(52(79)35-46)76(83,84)85)67(103)97-40-50(110-15-2)38-55(97)66(102)88-74(30-18-19-31-74)73(109)95(13)64(47-21-16-17-22-47)72(108)94(12)57(68(104)89(6)7)39-60(99)92(10)54(33-43(3)4)65(101)87-63/h23-25,27-28,34-35,43-44,47,50,53-58,63-64H,14-22,26,29-33,36-42H2,1-13H3,(H,86,98)(H,87,101)(H,88,102)/b49-23+/t44-,50+,53-,54-,55-,56-,57-,58-,63-,64-/m0/s1.